The third kappa shape index (κ3) is 5.63. The lowest BCUT2D eigenvalue weighted by molar-refractivity contribution is -0.116. The summed E-state index contributed by atoms with van der Waals surface area (Å²) < 4.78 is 16.7. The average molecular weight is 384 g/mol. The summed E-state index contributed by atoms with van der Waals surface area (Å²) in [6, 6.07) is 15.5. The van der Waals surface area contributed by atoms with Gasteiger partial charge >= 0.3 is 0 Å². The Balaban J connectivity index is 1.48. The number of ether oxygens (including phenoxy) is 3. The predicted octanol–water partition coefficient (Wildman–Crippen LogP) is 3.72. The van der Waals surface area contributed by atoms with Crippen molar-refractivity contribution in [3.63, 3.8) is 0 Å². The zero-order chi connectivity index (χ0) is 19.6. The summed E-state index contributed by atoms with van der Waals surface area (Å²) in [5, 5.41) is 3.04. The van der Waals surface area contributed by atoms with Gasteiger partial charge in [0.2, 0.25) is 5.91 Å². The number of carbonyl (C=O) groups is 1. The van der Waals surface area contributed by atoms with Gasteiger partial charge in [0.15, 0.2) is 11.5 Å². The van der Waals surface area contributed by atoms with Gasteiger partial charge in [-0.15, -0.1) is 0 Å². The van der Waals surface area contributed by atoms with Gasteiger partial charge in [0, 0.05) is 19.5 Å². The fourth-order valence-corrected chi connectivity index (χ4v) is 3.13. The fourth-order valence-electron chi connectivity index (χ4n) is 3.13. The number of rotatable bonds is 9. The van der Waals surface area contributed by atoms with E-state index in [0.717, 1.165) is 30.2 Å². The van der Waals surface area contributed by atoms with Crippen molar-refractivity contribution in [2.24, 2.45) is 0 Å². The van der Waals surface area contributed by atoms with E-state index >= 15 is 0 Å². The minimum absolute atomic E-state index is 0.0117. The lowest BCUT2D eigenvalue weighted by atomic mass is 10.2. The molecule has 0 aliphatic carbocycles. The van der Waals surface area contributed by atoms with E-state index in [0.29, 0.717) is 45.0 Å². The number of amides is 1. The maximum Gasteiger partial charge on any atom is 0.224 e. The Hall–Kier alpha value is -2.73. The summed E-state index contributed by atoms with van der Waals surface area (Å²) in [5.74, 6) is 1.43. The first-order valence-corrected chi connectivity index (χ1v) is 9.84. The topological polar surface area (TPSA) is 60.0 Å². The van der Waals surface area contributed by atoms with Crippen molar-refractivity contribution in [3.05, 3.63) is 48.5 Å². The lowest BCUT2D eigenvalue weighted by Gasteiger charge is -2.30. The second kappa shape index (κ2) is 10.6. The highest BCUT2D eigenvalue weighted by Gasteiger charge is 2.15. The molecule has 0 radical (unpaired) electrons. The normalized spacial score (nSPS) is 13.8. The van der Waals surface area contributed by atoms with Gasteiger partial charge in [-0.05, 0) is 37.6 Å². The number of para-hydroxylation sites is 4. The first kappa shape index (κ1) is 20.0. The number of benzene rings is 2. The van der Waals surface area contributed by atoms with E-state index in [1.165, 1.54) is 0 Å². The third-order valence-corrected chi connectivity index (χ3v) is 4.48. The van der Waals surface area contributed by atoms with E-state index in [4.69, 9.17) is 14.2 Å². The fraction of sp³-hybridized carbons (Fsp3) is 0.409. The second-order valence-corrected chi connectivity index (χ2v) is 6.50. The molecule has 2 aromatic carbocycles. The second-order valence-electron chi connectivity index (χ2n) is 6.50. The van der Waals surface area contributed by atoms with Crippen LogP contribution in [0.3, 0.4) is 0 Å². The highest BCUT2D eigenvalue weighted by atomic mass is 16.5. The largest absolute Gasteiger partial charge is 0.490 e. The molecule has 0 aromatic heterocycles. The minimum Gasteiger partial charge on any atom is -0.490 e. The molecule has 0 bridgehead atoms. The van der Waals surface area contributed by atoms with Crippen molar-refractivity contribution in [3.8, 4) is 11.5 Å². The van der Waals surface area contributed by atoms with Crippen LogP contribution in [-0.2, 0) is 9.53 Å². The Bertz CT molecular complexity index is 760. The van der Waals surface area contributed by atoms with Gasteiger partial charge in [-0.1, -0.05) is 24.3 Å². The molecule has 1 fully saturated rings. The Kier molecular flexibility index (Phi) is 7.55. The molecular formula is C22H28N2O4. The van der Waals surface area contributed by atoms with Gasteiger partial charge in [-0.3, -0.25) is 4.79 Å². The van der Waals surface area contributed by atoms with E-state index in [-0.39, 0.29) is 5.91 Å². The number of hydrogen-bond acceptors (Lipinski definition) is 5. The number of nitrogens with one attached hydrogen (secondary N) is 1. The monoisotopic (exact) mass is 384 g/mol. The predicted molar refractivity (Wildman–Crippen MR) is 110 cm³/mol. The molecule has 0 atom stereocenters. The van der Waals surface area contributed by atoms with Crippen molar-refractivity contribution < 1.29 is 19.0 Å². The van der Waals surface area contributed by atoms with Crippen LogP contribution in [0.1, 0.15) is 19.8 Å². The molecule has 1 aliphatic heterocycles. The Morgan fingerprint density at radius 3 is 2.46 bits per heavy atom. The molecule has 6 heteroatoms. The molecule has 6 nitrogen and oxygen atoms in total. The van der Waals surface area contributed by atoms with Gasteiger partial charge in [0.05, 0.1) is 37.8 Å². The van der Waals surface area contributed by atoms with Gasteiger partial charge in [-0.2, -0.15) is 0 Å². The molecule has 2 aromatic rings. The molecule has 1 N–H and O–H groups in total. The van der Waals surface area contributed by atoms with Crippen molar-refractivity contribution in [1.82, 2.24) is 0 Å². The Morgan fingerprint density at radius 2 is 1.71 bits per heavy atom. The molecular weight excluding hydrogens is 356 g/mol. The summed E-state index contributed by atoms with van der Waals surface area (Å²) in [5.41, 5.74) is 1.89. The molecule has 3 rings (SSSR count). The molecule has 1 heterocycles. The Morgan fingerprint density at radius 1 is 1.04 bits per heavy atom. The molecule has 0 unspecified atom stereocenters. The molecule has 150 valence electrons. The van der Waals surface area contributed by atoms with Crippen LogP contribution < -0.4 is 19.7 Å². The SMILES string of the molecule is CCOc1ccccc1OCCCC(=O)Nc1ccccc1N1CCOCC1. The van der Waals surface area contributed by atoms with E-state index in [1.807, 2.05) is 55.5 Å². The summed E-state index contributed by atoms with van der Waals surface area (Å²) >= 11 is 0. The molecule has 28 heavy (non-hydrogen) atoms. The van der Waals surface area contributed by atoms with Gasteiger partial charge < -0.3 is 24.4 Å². The van der Waals surface area contributed by atoms with E-state index in [2.05, 4.69) is 10.2 Å². The first-order valence-electron chi connectivity index (χ1n) is 9.84. The highest BCUT2D eigenvalue weighted by molar-refractivity contribution is 5.94. The van der Waals surface area contributed by atoms with Crippen molar-refractivity contribution >= 4 is 17.3 Å². The quantitative estimate of drug-likeness (QED) is 0.668. The number of hydrogen-bond donors (Lipinski definition) is 1. The van der Waals surface area contributed by atoms with Crippen LogP contribution in [0.2, 0.25) is 0 Å². The number of nitrogens with zero attached hydrogens (tertiary/aromatic N) is 1. The van der Waals surface area contributed by atoms with E-state index < -0.39 is 0 Å². The third-order valence-electron chi connectivity index (χ3n) is 4.48. The van der Waals surface area contributed by atoms with E-state index in [9.17, 15) is 4.79 Å². The van der Waals surface area contributed by atoms with Crippen LogP contribution >= 0.6 is 0 Å². The molecule has 1 saturated heterocycles. The summed E-state index contributed by atoms with van der Waals surface area (Å²) in [6.45, 7) is 6.08. The van der Waals surface area contributed by atoms with Crippen LogP contribution in [-0.4, -0.2) is 45.4 Å². The molecule has 1 aliphatic rings. The van der Waals surface area contributed by atoms with Crippen LogP contribution in [0.5, 0.6) is 11.5 Å². The molecule has 0 saturated carbocycles. The van der Waals surface area contributed by atoms with Crippen molar-refractivity contribution in [2.75, 3.05) is 49.7 Å². The molecule has 0 spiro atoms. The van der Waals surface area contributed by atoms with Crippen molar-refractivity contribution in [1.29, 1.82) is 0 Å². The summed E-state index contributed by atoms with van der Waals surface area (Å²) in [6.07, 6.45) is 1.03. The smallest absolute Gasteiger partial charge is 0.224 e. The minimum atomic E-state index is -0.0117. The van der Waals surface area contributed by atoms with Gasteiger partial charge in [-0.25, -0.2) is 0 Å². The number of carbonyl (C=O) groups excluding carboxylic acids is 1. The van der Waals surface area contributed by atoms with Crippen molar-refractivity contribution in [2.45, 2.75) is 19.8 Å². The summed E-state index contributed by atoms with van der Waals surface area (Å²) in [4.78, 5) is 14.6. The maximum atomic E-state index is 12.4. The number of morpholine rings is 1. The average Bonchev–Trinajstić information content (AvgIpc) is 2.73. The summed E-state index contributed by atoms with van der Waals surface area (Å²) in [7, 11) is 0. The van der Waals surface area contributed by atoms with Crippen LogP contribution in [0, 0.1) is 0 Å². The zero-order valence-corrected chi connectivity index (χ0v) is 16.4. The van der Waals surface area contributed by atoms with Gasteiger partial charge in [0.1, 0.15) is 0 Å². The lowest BCUT2D eigenvalue weighted by Crippen LogP contribution is -2.36. The standard InChI is InChI=1S/C22H28N2O4/c1-2-27-20-10-5-6-11-21(20)28-15-7-12-22(25)23-18-8-3-4-9-19(18)24-13-16-26-17-14-24/h3-6,8-11H,2,7,12-17H2,1H3,(H,23,25). The highest BCUT2D eigenvalue weighted by Crippen LogP contribution is 2.27. The van der Waals surface area contributed by atoms with E-state index in [1.54, 1.807) is 0 Å². The van der Waals surface area contributed by atoms with Gasteiger partial charge in [0.25, 0.3) is 0 Å². The molecule has 1 amide bonds. The maximum absolute atomic E-state index is 12.4. The zero-order valence-electron chi connectivity index (χ0n) is 16.4. The first-order chi connectivity index (χ1) is 13.8. The number of anilines is 2. The van der Waals surface area contributed by atoms with Crippen LogP contribution in [0.15, 0.2) is 48.5 Å². The van der Waals surface area contributed by atoms with Crippen LogP contribution in [0.25, 0.3) is 0 Å². The Labute approximate surface area is 166 Å². The van der Waals surface area contributed by atoms with Crippen LogP contribution in [0.4, 0.5) is 11.4 Å².